The molecule has 4 rings (SSSR count). The van der Waals surface area contributed by atoms with Gasteiger partial charge in [-0.3, -0.25) is 4.79 Å². The van der Waals surface area contributed by atoms with E-state index in [0.717, 1.165) is 24.9 Å². The molecule has 158 valence electrons. The summed E-state index contributed by atoms with van der Waals surface area (Å²) in [4.78, 5) is 27.3. The molecule has 1 fully saturated rings. The molecule has 2 aromatic rings. The average molecular weight is 406 g/mol. The normalized spacial score (nSPS) is 19.5. The van der Waals surface area contributed by atoms with Crippen LogP contribution in [0.1, 0.15) is 55.3 Å². The summed E-state index contributed by atoms with van der Waals surface area (Å²) in [6.45, 7) is 3.19. The molecule has 1 aliphatic heterocycles. The van der Waals surface area contributed by atoms with E-state index < -0.39 is 0 Å². The summed E-state index contributed by atoms with van der Waals surface area (Å²) in [7, 11) is 0. The fourth-order valence-electron chi connectivity index (χ4n) is 4.54. The molecule has 5 heteroatoms. The molecule has 30 heavy (non-hydrogen) atoms. The molecule has 2 aliphatic rings. The molecule has 0 radical (unpaired) electrons. The number of likely N-dealkylation sites (tertiary alicyclic amines) is 1. The molecule has 0 unspecified atom stereocenters. The minimum Gasteiger partial charge on any atom is -0.349 e. The third-order valence-corrected chi connectivity index (χ3v) is 6.34. The van der Waals surface area contributed by atoms with E-state index in [4.69, 9.17) is 0 Å². The third-order valence-electron chi connectivity index (χ3n) is 6.34. The number of piperidine rings is 1. The van der Waals surface area contributed by atoms with Crippen LogP contribution < -0.4 is 10.6 Å². The van der Waals surface area contributed by atoms with Crippen LogP contribution in [0.15, 0.2) is 48.5 Å². The Morgan fingerprint density at radius 3 is 2.57 bits per heavy atom. The van der Waals surface area contributed by atoms with Gasteiger partial charge >= 0.3 is 6.03 Å². The Hall–Kier alpha value is -2.82. The van der Waals surface area contributed by atoms with Gasteiger partial charge in [0, 0.05) is 18.8 Å². The minimum atomic E-state index is -0.166. The fraction of sp³-hybridized carbons (Fsp3) is 0.440. The fourth-order valence-corrected chi connectivity index (χ4v) is 4.54. The van der Waals surface area contributed by atoms with Gasteiger partial charge in [-0.05, 0) is 74.3 Å². The van der Waals surface area contributed by atoms with Crippen molar-refractivity contribution in [3.63, 3.8) is 0 Å². The van der Waals surface area contributed by atoms with Gasteiger partial charge in [-0.2, -0.15) is 0 Å². The first-order valence-corrected chi connectivity index (χ1v) is 11.1. The van der Waals surface area contributed by atoms with Gasteiger partial charge in [-0.1, -0.05) is 36.4 Å². The van der Waals surface area contributed by atoms with Crippen molar-refractivity contribution < 1.29 is 9.59 Å². The second-order valence-electron chi connectivity index (χ2n) is 8.55. The maximum Gasteiger partial charge on any atom is 0.321 e. The highest BCUT2D eigenvalue weighted by atomic mass is 16.2. The van der Waals surface area contributed by atoms with Gasteiger partial charge in [0.15, 0.2) is 0 Å². The quantitative estimate of drug-likeness (QED) is 0.775. The predicted octanol–water partition coefficient (Wildman–Crippen LogP) is 4.69. The van der Waals surface area contributed by atoms with E-state index in [0.29, 0.717) is 13.1 Å². The third kappa shape index (κ3) is 4.84. The Labute approximate surface area is 178 Å². The summed E-state index contributed by atoms with van der Waals surface area (Å²) in [5.74, 6) is -0.127. The van der Waals surface area contributed by atoms with Crippen LogP contribution in [-0.4, -0.2) is 29.9 Å². The highest BCUT2D eigenvalue weighted by molar-refractivity contribution is 5.90. The molecule has 2 aromatic carbocycles. The van der Waals surface area contributed by atoms with Gasteiger partial charge in [0.25, 0.3) is 0 Å². The molecule has 0 aromatic heterocycles. The van der Waals surface area contributed by atoms with Crippen LogP contribution in [0, 0.1) is 5.92 Å². The lowest BCUT2D eigenvalue weighted by Gasteiger charge is -2.32. The minimum absolute atomic E-state index is 0.0294. The predicted molar refractivity (Wildman–Crippen MR) is 119 cm³/mol. The SMILES string of the molecule is C[C@@H](NC(=O)[C@@H]1CCCN(C(=O)Nc2ccccc2)C1)c1ccc2c(c1)CCCC2. The zero-order chi connectivity index (χ0) is 20.9. The number of hydrogen-bond acceptors (Lipinski definition) is 2. The van der Waals surface area contributed by atoms with Crippen molar-refractivity contribution in [2.45, 2.75) is 51.5 Å². The first-order chi connectivity index (χ1) is 14.6. The lowest BCUT2D eigenvalue weighted by atomic mass is 9.89. The average Bonchev–Trinajstić information content (AvgIpc) is 2.79. The Bertz CT molecular complexity index is 897. The molecule has 0 bridgehead atoms. The molecule has 0 saturated carbocycles. The molecule has 2 atom stereocenters. The summed E-state index contributed by atoms with van der Waals surface area (Å²) in [5, 5.41) is 6.11. The largest absolute Gasteiger partial charge is 0.349 e. The van der Waals surface area contributed by atoms with Crippen LogP contribution in [-0.2, 0) is 17.6 Å². The van der Waals surface area contributed by atoms with Crippen molar-refractivity contribution >= 4 is 17.6 Å². The standard InChI is InChI=1S/C25H31N3O2/c1-18(20-14-13-19-8-5-6-9-21(19)16-20)26-24(29)22-10-7-15-28(17-22)25(30)27-23-11-3-2-4-12-23/h2-4,11-14,16,18,22H,5-10,15,17H2,1H3,(H,26,29)(H,27,30)/t18-,22-/m1/s1. The number of nitrogens with zero attached hydrogens (tertiary/aromatic N) is 1. The number of para-hydroxylation sites is 1. The number of carbonyl (C=O) groups excluding carboxylic acids is 2. The summed E-state index contributed by atoms with van der Waals surface area (Å²) in [6, 6.07) is 15.9. The zero-order valence-electron chi connectivity index (χ0n) is 17.7. The van der Waals surface area contributed by atoms with Crippen molar-refractivity contribution in [3.05, 3.63) is 65.2 Å². The van der Waals surface area contributed by atoms with E-state index in [1.165, 1.54) is 36.0 Å². The number of nitrogens with one attached hydrogen (secondary N) is 2. The van der Waals surface area contributed by atoms with E-state index in [9.17, 15) is 9.59 Å². The number of hydrogen-bond donors (Lipinski definition) is 2. The van der Waals surface area contributed by atoms with Crippen LogP contribution in [0.4, 0.5) is 10.5 Å². The monoisotopic (exact) mass is 405 g/mol. The number of fused-ring (bicyclic) bond motifs is 1. The molecular weight excluding hydrogens is 374 g/mol. The second kappa shape index (κ2) is 9.33. The van der Waals surface area contributed by atoms with E-state index in [1.807, 2.05) is 37.3 Å². The number of urea groups is 1. The summed E-state index contributed by atoms with van der Waals surface area (Å²) in [5.41, 5.74) is 4.82. The lowest BCUT2D eigenvalue weighted by Crippen LogP contribution is -2.47. The van der Waals surface area contributed by atoms with Gasteiger partial charge in [-0.15, -0.1) is 0 Å². The number of carbonyl (C=O) groups is 2. The molecular formula is C25H31N3O2. The van der Waals surface area contributed by atoms with Crippen molar-refractivity contribution in [3.8, 4) is 0 Å². The highest BCUT2D eigenvalue weighted by Crippen LogP contribution is 2.25. The van der Waals surface area contributed by atoms with Crippen LogP contribution in [0.2, 0.25) is 0 Å². The van der Waals surface area contributed by atoms with Crippen LogP contribution in [0.5, 0.6) is 0 Å². The van der Waals surface area contributed by atoms with Crippen molar-refractivity contribution in [1.82, 2.24) is 10.2 Å². The Kier molecular flexibility index (Phi) is 6.36. The number of benzene rings is 2. The Morgan fingerprint density at radius 2 is 1.77 bits per heavy atom. The maximum atomic E-state index is 12.9. The molecule has 5 nitrogen and oxygen atoms in total. The Morgan fingerprint density at radius 1 is 1.00 bits per heavy atom. The molecule has 1 heterocycles. The first-order valence-electron chi connectivity index (χ1n) is 11.1. The van der Waals surface area contributed by atoms with Crippen LogP contribution in [0.3, 0.4) is 0 Å². The van der Waals surface area contributed by atoms with E-state index >= 15 is 0 Å². The van der Waals surface area contributed by atoms with Gasteiger partial charge in [0.05, 0.1) is 12.0 Å². The van der Waals surface area contributed by atoms with Gasteiger partial charge in [0.1, 0.15) is 0 Å². The van der Waals surface area contributed by atoms with Crippen LogP contribution >= 0.6 is 0 Å². The number of amides is 3. The van der Waals surface area contributed by atoms with E-state index in [1.54, 1.807) is 4.90 Å². The van der Waals surface area contributed by atoms with Crippen LogP contribution in [0.25, 0.3) is 0 Å². The van der Waals surface area contributed by atoms with E-state index in [2.05, 4.69) is 28.8 Å². The van der Waals surface area contributed by atoms with Crippen molar-refractivity contribution in [2.75, 3.05) is 18.4 Å². The topological polar surface area (TPSA) is 61.4 Å². The van der Waals surface area contributed by atoms with E-state index in [-0.39, 0.29) is 23.9 Å². The summed E-state index contributed by atoms with van der Waals surface area (Å²) < 4.78 is 0. The molecule has 1 saturated heterocycles. The molecule has 3 amide bonds. The second-order valence-corrected chi connectivity index (χ2v) is 8.55. The molecule has 0 spiro atoms. The van der Waals surface area contributed by atoms with Gasteiger partial charge < -0.3 is 15.5 Å². The highest BCUT2D eigenvalue weighted by Gasteiger charge is 2.29. The van der Waals surface area contributed by atoms with Crippen molar-refractivity contribution in [1.29, 1.82) is 0 Å². The smallest absolute Gasteiger partial charge is 0.321 e. The number of rotatable bonds is 4. The van der Waals surface area contributed by atoms with Gasteiger partial charge in [-0.25, -0.2) is 4.79 Å². The molecule has 2 N–H and O–H groups in total. The van der Waals surface area contributed by atoms with Crippen molar-refractivity contribution in [2.24, 2.45) is 5.92 Å². The Balaban J connectivity index is 1.34. The summed E-state index contributed by atoms with van der Waals surface area (Å²) in [6.07, 6.45) is 6.48. The molecule has 1 aliphatic carbocycles. The zero-order valence-corrected chi connectivity index (χ0v) is 17.7. The number of anilines is 1. The lowest BCUT2D eigenvalue weighted by molar-refractivity contribution is -0.126. The number of aryl methyl sites for hydroxylation is 2. The first kappa shape index (κ1) is 20.5. The summed E-state index contributed by atoms with van der Waals surface area (Å²) >= 11 is 0. The maximum absolute atomic E-state index is 12.9. The van der Waals surface area contributed by atoms with Gasteiger partial charge in [0.2, 0.25) is 5.91 Å².